The second-order valence-electron chi connectivity index (χ2n) is 7.50. The average molecular weight is 407 g/mol. The Morgan fingerprint density at radius 2 is 1.97 bits per heavy atom. The molecule has 0 spiro atoms. The molecule has 4 rings (SSSR count). The summed E-state index contributed by atoms with van der Waals surface area (Å²) < 4.78 is 16.2. The second-order valence-corrected chi connectivity index (χ2v) is 7.50. The third-order valence-electron chi connectivity index (χ3n) is 5.23. The van der Waals surface area contributed by atoms with E-state index in [2.05, 4.69) is 10.1 Å². The largest absolute Gasteiger partial charge is 0.497 e. The fourth-order valence-electron chi connectivity index (χ4n) is 3.35. The molecular weight excluding hydrogens is 382 g/mol. The SMILES string of the molecule is COc1cccc(CCC(=O)N2CC(c3noc(COc4ccc(C)cc4)n3)C2)c1. The van der Waals surface area contributed by atoms with Crippen molar-refractivity contribution in [2.24, 2.45) is 0 Å². The van der Waals surface area contributed by atoms with Crippen LogP contribution in [0.1, 0.15) is 35.2 Å². The van der Waals surface area contributed by atoms with Gasteiger partial charge >= 0.3 is 0 Å². The van der Waals surface area contributed by atoms with Gasteiger partial charge in [0.2, 0.25) is 5.91 Å². The minimum atomic E-state index is 0.114. The van der Waals surface area contributed by atoms with Gasteiger partial charge in [-0.15, -0.1) is 0 Å². The van der Waals surface area contributed by atoms with E-state index in [9.17, 15) is 4.79 Å². The van der Waals surface area contributed by atoms with Gasteiger partial charge < -0.3 is 18.9 Å². The van der Waals surface area contributed by atoms with Crippen molar-refractivity contribution in [1.29, 1.82) is 0 Å². The van der Waals surface area contributed by atoms with Crippen LogP contribution >= 0.6 is 0 Å². The third kappa shape index (κ3) is 4.79. The smallest absolute Gasteiger partial charge is 0.264 e. The van der Waals surface area contributed by atoms with Crippen LogP contribution in [-0.4, -0.2) is 41.1 Å². The highest BCUT2D eigenvalue weighted by molar-refractivity contribution is 5.77. The Hall–Kier alpha value is -3.35. The van der Waals surface area contributed by atoms with Crippen LogP contribution in [0.3, 0.4) is 0 Å². The van der Waals surface area contributed by atoms with E-state index in [0.29, 0.717) is 37.6 Å². The number of aromatic nitrogens is 2. The number of likely N-dealkylation sites (tertiary alicyclic amines) is 1. The standard InChI is InChI=1S/C23H25N3O4/c1-16-6-9-19(10-7-16)29-15-21-24-23(25-30-21)18-13-26(14-18)22(27)11-8-17-4-3-5-20(12-17)28-2/h3-7,9-10,12,18H,8,11,13-15H2,1-2H3. The van der Waals surface area contributed by atoms with Crippen LogP contribution in [0.15, 0.2) is 53.1 Å². The summed E-state index contributed by atoms with van der Waals surface area (Å²) in [6.45, 7) is 3.50. The first-order valence-electron chi connectivity index (χ1n) is 10.0. The predicted molar refractivity (Wildman–Crippen MR) is 110 cm³/mol. The minimum Gasteiger partial charge on any atom is -0.497 e. The summed E-state index contributed by atoms with van der Waals surface area (Å²) >= 11 is 0. The molecule has 0 N–H and O–H groups in total. The number of carbonyl (C=O) groups excluding carboxylic acids is 1. The first-order valence-corrected chi connectivity index (χ1v) is 10.0. The highest BCUT2D eigenvalue weighted by Crippen LogP contribution is 2.26. The first-order chi connectivity index (χ1) is 14.6. The molecule has 2 heterocycles. The second kappa shape index (κ2) is 8.98. The number of methoxy groups -OCH3 is 1. The van der Waals surface area contributed by atoms with E-state index < -0.39 is 0 Å². The van der Waals surface area contributed by atoms with E-state index in [4.69, 9.17) is 14.0 Å². The van der Waals surface area contributed by atoms with Crippen LogP contribution in [0, 0.1) is 6.92 Å². The zero-order valence-electron chi connectivity index (χ0n) is 17.2. The molecular formula is C23H25N3O4. The number of benzene rings is 2. The monoisotopic (exact) mass is 407 g/mol. The van der Waals surface area contributed by atoms with Gasteiger partial charge in [-0.3, -0.25) is 4.79 Å². The molecule has 1 aliphatic rings. The number of rotatable bonds is 8. The van der Waals surface area contributed by atoms with Crippen molar-refractivity contribution in [3.63, 3.8) is 0 Å². The molecule has 1 fully saturated rings. The summed E-state index contributed by atoms with van der Waals surface area (Å²) in [6, 6.07) is 15.6. The van der Waals surface area contributed by atoms with Crippen LogP contribution in [-0.2, 0) is 17.8 Å². The molecule has 1 saturated heterocycles. The number of hydrogen-bond acceptors (Lipinski definition) is 6. The molecule has 0 atom stereocenters. The van der Waals surface area contributed by atoms with Crippen molar-refractivity contribution in [3.8, 4) is 11.5 Å². The minimum absolute atomic E-state index is 0.114. The molecule has 7 heteroatoms. The maximum atomic E-state index is 12.4. The number of carbonyl (C=O) groups is 1. The average Bonchev–Trinajstić information content (AvgIpc) is 3.19. The van der Waals surface area contributed by atoms with E-state index in [1.165, 1.54) is 5.56 Å². The van der Waals surface area contributed by atoms with Gasteiger partial charge in [0.15, 0.2) is 12.4 Å². The lowest BCUT2D eigenvalue weighted by Crippen LogP contribution is -2.48. The summed E-state index contributed by atoms with van der Waals surface area (Å²) in [7, 11) is 1.64. The van der Waals surface area contributed by atoms with Gasteiger partial charge in [0.25, 0.3) is 5.89 Å². The molecule has 0 unspecified atom stereocenters. The summed E-state index contributed by atoms with van der Waals surface area (Å²) in [6.07, 6.45) is 1.17. The molecule has 156 valence electrons. The molecule has 30 heavy (non-hydrogen) atoms. The van der Waals surface area contributed by atoms with Crippen LogP contribution < -0.4 is 9.47 Å². The fraction of sp³-hybridized carbons (Fsp3) is 0.348. The number of nitrogens with zero attached hydrogens (tertiary/aromatic N) is 3. The van der Waals surface area contributed by atoms with Crippen LogP contribution in [0.5, 0.6) is 11.5 Å². The summed E-state index contributed by atoms with van der Waals surface area (Å²) in [5.74, 6) is 2.89. The normalized spacial score (nSPS) is 13.7. The number of aryl methyl sites for hydroxylation is 2. The number of ether oxygens (including phenoxy) is 2. The lowest BCUT2D eigenvalue weighted by Gasteiger charge is -2.37. The van der Waals surface area contributed by atoms with E-state index in [-0.39, 0.29) is 18.4 Å². The highest BCUT2D eigenvalue weighted by Gasteiger charge is 2.34. The molecule has 7 nitrogen and oxygen atoms in total. The van der Waals surface area contributed by atoms with Crippen molar-refractivity contribution < 1.29 is 18.8 Å². The Balaban J connectivity index is 1.22. The van der Waals surface area contributed by atoms with Crippen molar-refractivity contribution in [2.75, 3.05) is 20.2 Å². The zero-order chi connectivity index (χ0) is 20.9. The molecule has 0 radical (unpaired) electrons. The lowest BCUT2D eigenvalue weighted by molar-refractivity contribution is -0.135. The fourth-order valence-corrected chi connectivity index (χ4v) is 3.35. The van der Waals surface area contributed by atoms with E-state index in [1.54, 1.807) is 7.11 Å². The molecule has 0 bridgehead atoms. The van der Waals surface area contributed by atoms with Gasteiger partial charge in [-0.25, -0.2) is 0 Å². The van der Waals surface area contributed by atoms with Gasteiger partial charge in [-0.05, 0) is 43.2 Å². The maximum absolute atomic E-state index is 12.4. The third-order valence-corrected chi connectivity index (χ3v) is 5.23. The van der Waals surface area contributed by atoms with Gasteiger partial charge in [-0.1, -0.05) is 35.0 Å². The first kappa shape index (κ1) is 19.9. The summed E-state index contributed by atoms with van der Waals surface area (Å²) in [5, 5.41) is 4.05. The van der Waals surface area contributed by atoms with Crippen molar-refractivity contribution in [3.05, 3.63) is 71.4 Å². The van der Waals surface area contributed by atoms with Crippen LogP contribution in [0.2, 0.25) is 0 Å². The Morgan fingerprint density at radius 1 is 1.17 bits per heavy atom. The molecule has 0 saturated carbocycles. The molecule has 0 aliphatic carbocycles. The summed E-state index contributed by atoms with van der Waals surface area (Å²) in [4.78, 5) is 18.7. The van der Waals surface area contributed by atoms with E-state index in [0.717, 1.165) is 17.1 Å². The van der Waals surface area contributed by atoms with Crippen LogP contribution in [0.4, 0.5) is 0 Å². The quantitative estimate of drug-likeness (QED) is 0.569. The Labute approximate surface area is 175 Å². The molecule has 1 aliphatic heterocycles. The number of amides is 1. The lowest BCUT2D eigenvalue weighted by atomic mass is 9.98. The van der Waals surface area contributed by atoms with Gasteiger partial charge in [-0.2, -0.15) is 4.98 Å². The van der Waals surface area contributed by atoms with Crippen molar-refractivity contribution >= 4 is 5.91 Å². The molecule has 1 amide bonds. The predicted octanol–water partition coefficient (Wildman–Crippen LogP) is 3.52. The topological polar surface area (TPSA) is 77.7 Å². The Morgan fingerprint density at radius 3 is 2.73 bits per heavy atom. The van der Waals surface area contributed by atoms with E-state index >= 15 is 0 Å². The number of hydrogen-bond donors (Lipinski definition) is 0. The Bertz CT molecular complexity index is 994. The van der Waals surface area contributed by atoms with Crippen LogP contribution in [0.25, 0.3) is 0 Å². The molecule has 2 aromatic carbocycles. The van der Waals surface area contributed by atoms with Gasteiger partial charge in [0.05, 0.1) is 13.0 Å². The Kier molecular flexibility index (Phi) is 5.97. The highest BCUT2D eigenvalue weighted by atomic mass is 16.5. The zero-order valence-corrected chi connectivity index (χ0v) is 17.2. The van der Waals surface area contributed by atoms with Gasteiger partial charge in [0, 0.05) is 19.5 Å². The van der Waals surface area contributed by atoms with E-state index in [1.807, 2.05) is 60.4 Å². The van der Waals surface area contributed by atoms with Crippen molar-refractivity contribution in [2.45, 2.75) is 32.3 Å². The molecule has 3 aromatic rings. The molecule has 1 aromatic heterocycles. The van der Waals surface area contributed by atoms with Crippen molar-refractivity contribution in [1.82, 2.24) is 15.0 Å². The summed E-state index contributed by atoms with van der Waals surface area (Å²) in [5.41, 5.74) is 2.27. The van der Waals surface area contributed by atoms with Gasteiger partial charge in [0.1, 0.15) is 11.5 Å². The maximum Gasteiger partial charge on any atom is 0.264 e.